The Kier molecular flexibility index (Phi) is 4.45. The molecule has 1 N–H and O–H groups in total. The minimum absolute atomic E-state index is 0.148. The molecule has 0 spiro atoms. The number of nitro benzene ring substituents is 1. The summed E-state index contributed by atoms with van der Waals surface area (Å²) in [5, 5.41) is 14.4. The number of hydrogen-bond donors (Lipinski definition) is 1. The summed E-state index contributed by atoms with van der Waals surface area (Å²) in [4.78, 5) is 10.7. The molecule has 0 radical (unpaired) electrons. The number of halogens is 1. The van der Waals surface area contributed by atoms with Gasteiger partial charge < -0.3 is 5.32 Å². The molecular formula is C14H19BrN2O2. The van der Waals surface area contributed by atoms with E-state index in [1.165, 1.54) is 12.8 Å². The lowest BCUT2D eigenvalue weighted by atomic mass is 9.93. The lowest BCUT2D eigenvalue weighted by molar-refractivity contribution is -0.384. The van der Waals surface area contributed by atoms with Gasteiger partial charge in [-0.3, -0.25) is 10.1 Å². The quantitative estimate of drug-likeness (QED) is 0.650. The minimum Gasteiger partial charge on any atom is -0.376 e. The van der Waals surface area contributed by atoms with E-state index in [2.05, 4.69) is 35.1 Å². The zero-order valence-electron chi connectivity index (χ0n) is 11.2. The normalized spacial score (nSPS) is 26.4. The summed E-state index contributed by atoms with van der Waals surface area (Å²) in [6.45, 7) is 4.45. The Morgan fingerprint density at radius 3 is 2.79 bits per heavy atom. The van der Waals surface area contributed by atoms with Crippen LogP contribution in [-0.2, 0) is 0 Å². The summed E-state index contributed by atoms with van der Waals surface area (Å²) in [5.41, 5.74) is 0.767. The van der Waals surface area contributed by atoms with Crippen molar-refractivity contribution in [1.82, 2.24) is 0 Å². The van der Waals surface area contributed by atoms with E-state index in [-0.39, 0.29) is 10.6 Å². The highest BCUT2D eigenvalue weighted by atomic mass is 79.9. The number of nitrogens with one attached hydrogen (secondary N) is 1. The summed E-state index contributed by atoms with van der Waals surface area (Å²) >= 11 is 3.37. The second-order valence-corrected chi connectivity index (χ2v) is 6.19. The Hall–Kier alpha value is -1.10. The van der Waals surface area contributed by atoms with Crippen LogP contribution in [0.1, 0.15) is 33.1 Å². The van der Waals surface area contributed by atoms with Crippen LogP contribution in [0.15, 0.2) is 22.7 Å². The molecule has 1 aromatic rings. The molecule has 0 heterocycles. The third kappa shape index (κ3) is 3.08. The van der Waals surface area contributed by atoms with Gasteiger partial charge in [-0.1, -0.05) is 36.2 Å². The molecule has 1 aliphatic carbocycles. The molecule has 3 unspecified atom stereocenters. The first-order valence-electron chi connectivity index (χ1n) is 6.73. The predicted octanol–water partition coefficient (Wildman–Crippen LogP) is 4.59. The van der Waals surface area contributed by atoms with Crippen LogP contribution in [-0.4, -0.2) is 11.0 Å². The zero-order chi connectivity index (χ0) is 14.0. The van der Waals surface area contributed by atoms with Crippen LogP contribution in [0.3, 0.4) is 0 Å². The fourth-order valence-electron chi connectivity index (χ4n) is 3.01. The number of rotatable bonds is 4. The Bertz CT molecular complexity index is 479. The van der Waals surface area contributed by atoms with Gasteiger partial charge in [0.15, 0.2) is 0 Å². The Labute approximate surface area is 121 Å². The molecule has 1 aromatic carbocycles. The van der Waals surface area contributed by atoms with E-state index in [9.17, 15) is 10.1 Å². The van der Waals surface area contributed by atoms with Gasteiger partial charge in [-0.15, -0.1) is 0 Å². The SMILES string of the molecule is CCC1CCC(Nc2cc(Br)ccc2[N+](=O)[O-])C1C. The maximum absolute atomic E-state index is 11.1. The van der Waals surface area contributed by atoms with Crippen molar-refractivity contribution < 1.29 is 4.92 Å². The highest BCUT2D eigenvalue weighted by Crippen LogP contribution is 2.37. The van der Waals surface area contributed by atoms with Crippen LogP contribution in [0.5, 0.6) is 0 Å². The molecule has 0 aromatic heterocycles. The van der Waals surface area contributed by atoms with E-state index >= 15 is 0 Å². The van der Waals surface area contributed by atoms with E-state index in [1.807, 2.05) is 0 Å². The predicted molar refractivity (Wildman–Crippen MR) is 80.4 cm³/mol. The smallest absolute Gasteiger partial charge is 0.292 e. The van der Waals surface area contributed by atoms with Gasteiger partial charge in [0.1, 0.15) is 5.69 Å². The number of nitrogens with zero attached hydrogens (tertiary/aromatic N) is 1. The average Bonchev–Trinajstić information content (AvgIpc) is 2.70. The molecule has 19 heavy (non-hydrogen) atoms. The molecule has 1 saturated carbocycles. The van der Waals surface area contributed by atoms with Gasteiger partial charge in [-0.25, -0.2) is 0 Å². The van der Waals surface area contributed by atoms with Crippen LogP contribution in [0.25, 0.3) is 0 Å². The van der Waals surface area contributed by atoms with Gasteiger partial charge in [0, 0.05) is 16.6 Å². The summed E-state index contributed by atoms with van der Waals surface area (Å²) < 4.78 is 0.860. The molecule has 3 atom stereocenters. The van der Waals surface area contributed by atoms with Crippen molar-refractivity contribution in [3.05, 3.63) is 32.8 Å². The standard InChI is InChI=1S/C14H19BrN2O2/c1-3-10-4-6-12(9(10)2)16-13-8-11(15)5-7-14(13)17(18)19/h5,7-10,12,16H,3-4,6H2,1-2H3. The fourth-order valence-corrected chi connectivity index (χ4v) is 3.37. The molecule has 0 bridgehead atoms. The Morgan fingerprint density at radius 2 is 2.21 bits per heavy atom. The highest BCUT2D eigenvalue weighted by Gasteiger charge is 2.32. The number of benzene rings is 1. The molecule has 2 rings (SSSR count). The summed E-state index contributed by atoms with van der Waals surface area (Å²) in [5.74, 6) is 1.28. The monoisotopic (exact) mass is 326 g/mol. The van der Waals surface area contributed by atoms with Crippen molar-refractivity contribution in [2.24, 2.45) is 11.8 Å². The molecule has 5 heteroatoms. The topological polar surface area (TPSA) is 55.2 Å². The zero-order valence-corrected chi connectivity index (χ0v) is 12.8. The average molecular weight is 327 g/mol. The van der Waals surface area contributed by atoms with Gasteiger partial charge in [0.25, 0.3) is 5.69 Å². The van der Waals surface area contributed by atoms with Crippen molar-refractivity contribution >= 4 is 27.3 Å². The summed E-state index contributed by atoms with van der Waals surface area (Å²) in [7, 11) is 0. The van der Waals surface area contributed by atoms with Crippen LogP contribution >= 0.6 is 15.9 Å². The maximum atomic E-state index is 11.1. The van der Waals surface area contributed by atoms with Gasteiger partial charge in [0.2, 0.25) is 0 Å². The highest BCUT2D eigenvalue weighted by molar-refractivity contribution is 9.10. The van der Waals surface area contributed by atoms with Crippen LogP contribution < -0.4 is 5.32 Å². The second-order valence-electron chi connectivity index (χ2n) is 5.27. The van der Waals surface area contributed by atoms with E-state index in [0.29, 0.717) is 17.6 Å². The molecule has 1 aliphatic rings. The fraction of sp³-hybridized carbons (Fsp3) is 0.571. The molecule has 0 saturated heterocycles. The van der Waals surface area contributed by atoms with Crippen LogP contribution in [0, 0.1) is 22.0 Å². The lowest BCUT2D eigenvalue weighted by Crippen LogP contribution is -2.25. The van der Waals surface area contributed by atoms with Gasteiger partial charge in [0.05, 0.1) is 4.92 Å². The first-order chi connectivity index (χ1) is 9.02. The number of hydrogen-bond acceptors (Lipinski definition) is 3. The van der Waals surface area contributed by atoms with Crippen LogP contribution in [0.2, 0.25) is 0 Å². The van der Waals surface area contributed by atoms with Crippen molar-refractivity contribution in [3.8, 4) is 0 Å². The molecule has 1 fully saturated rings. The number of anilines is 1. The van der Waals surface area contributed by atoms with Gasteiger partial charge in [-0.05, 0) is 36.8 Å². The van der Waals surface area contributed by atoms with Crippen molar-refractivity contribution in [3.63, 3.8) is 0 Å². The lowest BCUT2D eigenvalue weighted by Gasteiger charge is -2.22. The summed E-state index contributed by atoms with van der Waals surface area (Å²) in [6, 6.07) is 5.38. The van der Waals surface area contributed by atoms with Crippen molar-refractivity contribution in [1.29, 1.82) is 0 Å². The summed E-state index contributed by atoms with van der Waals surface area (Å²) in [6.07, 6.45) is 3.47. The molecule has 104 valence electrons. The maximum Gasteiger partial charge on any atom is 0.292 e. The Balaban J connectivity index is 2.19. The van der Waals surface area contributed by atoms with E-state index in [1.54, 1.807) is 18.2 Å². The Morgan fingerprint density at radius 1 is 1.47 bits per heavy atom. The molecular weight excluding hydrogens is 308 g/mol. The minimum atomic E-state index is -0.328. The third-order valence-corrected chi connectivity index (χ3v) is 4.74. The molecule has 0 amide bonds. The largest absolute Gasteiger partial charge is 0.376 e. The van der Waals surface area contributed by atoms with Gasteiger partial charge in [-0.2, -0.15) is 0 Å². The van der Waals surface area contributed by atoms with Gasteiger partial charge >= 0.3 is 0 Å². The van der Waals surface area contributed by atoms with Crippen LogP contribution in [0.4, 0.5) is 11.4 Å². The van der Waals surface area contributed by atoms with Crippen molar-refractivity contribution in [2.75, 3.05) is 5.32 Å². The molecule has 0 aliphatic heterocycles. The number of nitro groups is 1. The van der Waals surface area contributed by atoms with Crippen molar-refractivity contribution in [2.45, 2.75) is 39.2 Å². The first kappa shape index (κ1) is 14.3. The second kappa shape index (κ2) is 5.90. The third-order valence-electron chi connectivity index (χ3n) is 4.25. The first-order valence-corrected chi connectivity index (χ1v) is 7.52. The van der Waals surface area contributed by atoms with E-state index < -0.39 is 0 Å². The molecule has 4 nitrogen and oxygen atoms in total. The van der Waals surface area contributed by atoms with E-state index in [4.69, 9.17) is 0 Å². The van der Waals surface area contributed by atoms with E-state index in [0.717, 1.165) is 16.8 Å².